The van der Waals surface area contributed by atoms with E-state index in [1.54, 1.807) is 17.5 Å². The van der Waals surface area contributed by atoms with Gasteiger partial charge in [-0.3, -0.25) is 5.10 Å². The predicted molar refractivity (Wildman–Crippen MR) is 85.5 cm³/mol. The molecule has 0 radical (unpaired) electrons. The number of anilines is 1. The highest BCUT2D eigenvalue weighted by Crippen LogP contribution is 2.30. The van der Waals surface area contributed by atoms with Crippen molar-refractivity contribution in [2.75, 3.05) is 5.73 Å². The maximum atomic E-state index is 5.93. The minimum absolute atomic E-state index is 0.455. The molecule has 5 nitrogen and oxygen atoms in total. The van der Waals surface area contributed by atoms with Crippen LogP contribution < -0.4 is 10.5 Å². The van der Waals surface area contributed by atoms with Crippen LogP contribution in [0.4, 0.5) is 5.82 Å². The molecule has 1 aromatic carbocycles. The summed E-state index contributed by atoms with van der Waals surface area (Å²) in [5.41, 5.74) is 7.98. The van der Waals surface area contributed by atoms with E-state index in [-0.39, 0.29) is 0 Å². The predicted octanol–water partition coefficient (Wildman–Crippen LogP) is 3.38. The van der Waals surface area contributed by atoms with Crippen LogP contribution in [0.15, 0.2) is 23.7 Å². The average molecular weight is 302 g/mol. The number of H-pyrrole nitrogens is 1. The lowest BCUT2D eigenvalue weighted by Gasteiger charge is -2.10. The van der Waals surface area contributed by atoms with Gasteiger partial charge in [0, 0.05) is 17.0 Å². The van der Waals surface area contributed by atoms with E-state index >= 15 is 0 Å². The smallest absolute Gasteiger partial charge is 0.153 e. The van der Waals surface area contributed by atoms with Crippen molar-refractivity contribution in [3.63, 3.8) is 0 Å². The molecule has 0 bridgehead atoms. The topological polar surface area (TPSA) is 76.8 Å². The number of hydrogen-bond acceptors (Lipinski definition) is 5. The Morgan fingerprint density at radius 1 is 1.38 bits per heavy atom. The molecule has 6 heteroatoms. The molecule has 0 atom stereocenters. The molecule has 3 aromatic rings. The van der Waals surface area contributed by atoms with Crippen LogP contribution in [-0.2, 0) is 13.0 Å². The molecule has 0 aliphatic heterocycles. The van der Waals surface area contributed by atoms with Crippen molar-refractivity contribution in [1.29, 1.82) is 0 Å². The minimum Gasteiger partial charge on any atom is -0.484 e. The number of nitrogens with two attached hydrogens (primary N) is 1. The second-order valence-electron chi connectivity index (χ2n) is 5.44. The Morgan fingerprint density at radius 3 is 2.95 bits per heavy atom. The number of hydrogen-bond donors (Lipinski definition) is 2. The Bertz CT molecular complexity index is 734. The zero-order valence-corrected chi connectivity index (χ0v) is 12.9. The summed E-state index contributed by atoms with van der Waals surface area (Å²) in [6, 6.07) is 4.15. The molecule has 0 amide bonds. The number of ether oxygens (including phenoxy) is 1. The van der Waals surface area contributed by atoms with Gasteiger partial charge < -0.3 is 10.5 Å². The number of nitrogen functional groups attached to an aromatic ring is 1. The van der Waals surface area contributed by atoms with Crippen LogP contribution in [0.2, 0.25) is 0 Å². The summed E-state index contributed by atoms with van der Waals surface area (Å²) in [7, 11) is 0. The Morgan fingerprint density at radius 2 is 2.24 bits per heavy atom. The summed E-state index contributed by atoms with van der Waals surface area (Å²) in [4.78, 5) is 4.23. The van der Waals surface area contributed by atoms with Gasteiger partial charge in [0.25, 0.3) is 0 Å². The number of nitrogens with one attached hydrogen (secondary N) is 1. The van der Waals surface area contributed by atoms with Crippen LogP contribution in [0.1, 0.15) is 24.4 Å². The van der Waals surface area contributed by atoms with Crippen molar-refractivity contribution in [1.82, 2.24) is 15.2 Å². The molecule has 2 heterocycles. The van der Waals surface area contributed by atoms with Crippen molar-refractivity contribution < 1.29 is 4.74 Å². The van der Waals surface area contributed by atoms with Gasteiger partial charge in [0.15, 0.2) is 5.82 Å². The van der Waals surface area contributed by atoms with Crippen LogP contribution >= 0.6 is 11.3 Å². The van der Waals surface area contributed by atoms with E-state index in [0.717, 1.165) is 28.1 Å². The van der Waals surface area contributed by atoms with Gasteiger partial charge in [-0.15, -0.1) is 11.3 Å². The maximum absolute atomic E-state index is 5.93. The lowest BCUT2D eigenvalue weighted by Crippen LogP contribution is -1.99. The van der Waals surface area contributed by atoms with Gasteiger partial charge >= 0.3 is 0 Å². The fourth-order valence-electron chi connectivity index (χ4n) is 2.33. The summed E-state index contributed by atoms with van der Waals surface area (Å²) >= 11 is 1.58. The quantitative estimate of drug-likeness (QED) is 0.757. The molecule has 0 saturated carbocycles. The third kappa shape index (κ3) is 3.00. The van der Waals surface area contributed by atoms with Gasteiger partial charge in [-0.05, 0) is 30.0 Å². The molecular formula is C15H18N4OS. The maximum Gasteiger partial charge on any atom is 0.153 e. The van der Waals surface area contributed by atoms with Crippen LogP contribution in [0.25, 0.3) is 10.9 Å². The van der Waals surface area contributed by atoms with E-state index in [4.69, 9.17) is 10.5 Å². The highest BCUT2D eigenvalue weighted by Gasteiger charge is 2.12. The van der Waals surface area contributed by atoms with Gasteiger partial charge in [-0.25, -0.2) is 4.98 Å². The second-order valence-corrected chi connectivity index (χ2v) is 6.42. The molecule has 0 unspecified atom stereocenters. The van der Waals surface area contributed by atoms with Crippen LogP contribution in [0.3, 0.4) is 0 Å². The SMILES string of the molecule is CC(C)Cc1cc(OCc2nccs2)c2[nH]nc(N)c2c1. The minimum atomic E-state index is 0.455. The summed E-state index contributed by atoms with van der Waals surface area (Å²) in [6.45, 7) is 4.84. The molecule has 0 saturated heterocycles. The third-order valence-corrected chi connectivity index (χ3v) is 3.96. The largest absolute Gasteiger partial charge is 0.484 e. The van der Waals surface area contributed by atoms with Gasteiger partial charge in [0.1, 0.15) is 22.9 Å². The number of aromatic nitrogens is 3. The van der Waals surface area contributed by atoms with E-state index in [9.17, 15) is 0 Å². The normalized spacial score (nSPS) is 11.4. The summed E-state index contributed by atoms with van der Waals surface area (Å²) in [6.07, 6.45) is 2.76. The highest BCUT2D eigenvalue weighted by molar-refractivity contribution is 7.09. The fraction of sp³-hybridized carbons (Fsp3) is 0.333. The first kappa shape index (κ1) is 13.9. The monoisotopic (exact) mass is 302 g/mol. The Kier molecular flexibility index (Phi) is 3.79. The Hall–Kier alpha value is -2.08. The van der Waals surface area contributed by atoms with Crippen molar-refractivity contribution in [3.8, 4) is 5.75 Å². The zero-order chi connectivity index (χ0) is 14.8. The van der Waals surface area contributed by atoms with Crippen LogP contribution in [0, 0.1) is 5.92 Å². The molecule has 0 spiro atoms. The summed E-state index contributed by atoms with van der Waals surface area (Å²) in [5, 5.41) is 10.8. The van der Waals surface area contributed by atoms with Crippen molar-refractivity contribution in [3.05, 3.63) is 34.3 Å². The average Bonchev–Trinajstić information content (AvgIpc) is 3.06. The molecule has 3 N–H and O–H groups in total. The Labute approximate surface area is 127 Å². The lowest BCUT2D eigenvalue weighted by atomic mass is 10.0. The lowest BCUT2D eigenvalue weighted by molar-refractivity contribution is 0.308. The number of benzene rings is 1. The second kappa shape index (κ2) is 5.73. The van der Waals surface area contributed by atoms with Crippen molar-refractivity contribution >= 4 is 28.1 Å². The fourth-order valence-corrected chi connectivity index (χ4v) is 2.86. The standard InChI is InChI=1S/C15H18N4OS/c1-9(2)5-10-6-11-14(18-19-15(11)16)12(7-10)20-8-13-17-3-4-21-13/h3-4,6-7,9H,5,8H2,1-2H3,(H3,16,18,19). The van der Waals surface area contributed by atoms with Gasteiger partial charge in [-0.2, -0.15) is 5.10 Å². The first-order chi connectivity index (χ1) is 10.1. The van der Waals surface area contributed by atoms with E-state index in [2.05, 4.69) is 41.2 Å². The first-order valence-electron chi connectivity index (χ1n) is 6.91. The molecule has 2 aromatic heterocycles. The van der Waals surface area contributed by atoms with Crippen LogP contribution in [0.5, 0.6) is 5.75 Å². The molecule has 0 fully saturated rings. The van der Waals surface area contributed by atoms with E-state index < -0.39 is 0 Å². The summed E-state index contributed by atoms with van der Waals surface area (Å²) in [5.74, 6) is 1.86. The molecule has 0 aliphatic carbocycles. The number of nitrogens with zero attached hydrogens (tertiary/aromatic N) is 2. The van der Waals surface area contributed by atoms with E-state index in [0.29, 0.717) is 18.3 Å². The van der Waals surface area contributed by atoms with Gasteiger partial charge in [0.2, 0.25) is 0 Å². The number of aromatic amines is 1. The zero-order valence-electron chi connectivity index (χ0n) is 12.1. The first-order valence-corrected chi connectivity index (χ1v) is 7.79. The third-order valence-electron chi connectivity index (χ3n) is 3.20. The molecule has 0 aliphatic rings. The van der Waals surface area contributed by atoms with Gasteiger partial charge in [-0.1, -0.05) is 13.8 Å². The number of rotatable bonds is 5. The number of fused-ring (bicyclic) bond motifs is 1. The van der Waals surface area contributed by atoms with E-state index in [1.807, 2.05) is 5.38 Å². The van der Waals surface area contributed by atoms with Crippen molar-refractivity contribution in [2.45, 2.75) is 26.9 Å². The van der Waals surface area contributed by atoms with Crippen LogP contribution in [-0.4, -0.2) is 15.2 Å². The molecule has 110 valence electrons. The summed E-state index contributed by atoms with van der Waals surface area (Å²) < 4.78 is 5.92. The molecule has 3 rings (SSSR count). The highest BCUT2D eigenvalue weighted by atomic mass is 32.1. The number of thiazole rings is 1. The van der Waals surface area contributed by atoms with Crippen molar-refractivity contribution in [2.24, 2.45) is 5.92 Å². The van der Waals surface area contributed by atoms with Gasteiger partial charge in [0.05, 0.1) is 0 Å². The molecule has 21 heavy (non-hydrogen) atoms. The Balaban J connectivity index is 1.94. The molecular weight excluding hydrogens is 284 g/mol. The van der Waals surface area contributed by atoms with E-state index in [1.165, 1.54) is 5.56 Å².